The number of hydrogen-bond acceptors (Lipinski definition) is 4. The van der Waals surface area contributed by atoms with E-state index >= 15 is 0 Å². The fraction of sp³-hybridized carbons (Fsp3) is 0.533. The van der Waals surface area contributed by atoms with Gasteiger partial charge in [-0.3, -0.25) is 0 Å². The summed E-state index contributed by atoms with van der Waals surface area (Å²) in [6, 6.07) is 5.30. The summed E-state index contributed by atoms with van der Waals surface area (Å²) < 4.78 is 23.3. The molecule has 0 heterocycles. The van der Waals surface area contributed by atoms with Crippen molar-refractivity contribution >= 4 is 11.7 Å². The lowest BCUT2D eigenvalue weighted by atomic mass is 9.98. The average Bonchev–Trinajstić information content (AvgIpc) is 2.40. The first-order valence-corrected chi connectivity index (χ1v) is 6.62. The van der Waals surface area contributed by atoms with Gasteiger partial charge in [0.15, 0.2) is 0 Å². The van der Waals surface area contributed by atoms with E-state index < -0.39 is 11.6 Å². The van der Waals surface area contributed by atoms with Crippen molar-refractivity contribution in [2.75, 3.05) is 19.0 Å². The van der Waals surface area contributed by atoms with Crippen molar-refractivity contribution in [1.82, 2.24) is 0 Å². The van der Waals surface area contributed by atoms with E-state index in [9.17, 15) is 9.18 Å². The molecule has 0 aliphatic rings. The molecule has 1 rings (SSSR count). The summed E-state index contributed by atoms with van der Waals surface area (Å²) in [7, 11) is 1.60. The largest absolute Gasteiger partial charge is 0.464 e. The van der Waals surface area contributed by atoms with E-state index in [-0.39, 0.29) is 11.8 Å². The van der Waals surface area contributed by atoms with Gasteiger partial charge in [0.05, 0.1) is 12.2 Å². The highest BCUT2D eigenvalue weighted by Gasteiger charge is 2.28. The third kappa shape index (κ3) is 5.17. The number of hydrogen-bond donors (Lipinski definition) is 1. The molecule has 1 aromatic carbocycles. The third-order valence-electron chi connectivity index (χ3n) is 3.00. The van der Waals surface area contributed by atoms with Crippen LogP contribution in [-0.2, 0) is 14.3 Å². The predicted molar refractivity (Wildman–Crippen MR) is 76.1 cm³/mol. The number of ether oxygens (including phenoxy) is 2. The Morgan fingerprint density at radius 1 is 1.35 bits per heavy atom. The maximum Gasteiger partial charge on any atom is 0.328 e. The highest BCUT2D eigenvalue weighted by molar-refractivity contribution is 5.79. The minimum absolute atomic E-state index is 0.313. The van der Waals surface area contributed by atoms with Gasteiger partial charge in [0.1, 0.15) is 11.9 Å². The molecular formula is C15H22FNO3. The van der Waals surface area contributed by atoms with Crippen LogP contribution in [0.4, 0.5) is 10.1 Å². The summed E-state index contributed by atoms with van der Waals surface area (Å²) in [5, 5.41) is 3.06. The molecular weight excluding hydrogens is 261 g/mol. The molecule has 0 bridgehead atoms. The molecule has 1 unspecified atom stereocenters. The van der Waals surface area contributed by atoms with Crippen LogP contribution in [0.2, 0.25) is 0 Å². The average molecular weight is 283 g/mol. The van der Waals surface area contributed by atoms with E-state index in [4.69, 9.17) is 9.47 Å². The van der Waals surface area contributed by atoms with Crippen molar-refractivity contribution in [2.45, 2.75) is 38.8 Å². The Hall–Kier alpha value is -1.62. The molecule has 1 N–H and O–H groups in total. The zero-order chi connectivity index (χ0) is 15.2. The molecule has 0 amide bonds. The summed E-state index contributed by atoms with van der Waals surface area (Å²) in [6.45, 7) is 5.86. The third-order valence-corrected chi connectivity index (χ3v) is 3.00. The Labute approximate surface area is 119 Å². The molecule has 5 heteroatoms. The molecule has 0 saturated heterocycles. The van der Waals surface area contributed by atoms with Gasteiger partial charge in [-0.15, -0.1) is 0 Å². The highest BCUT2D eigenvalue weighted by atomic mass is 19.1. The van der Waals surface area contributed by atoms with E-state index in [1.807, 2.05) is 13.8 Å². The number of carbonyl (C=O) groups is 1. The van der Waals surface area contributed by atoms with Gasteiger partial charge < -0.3 is 14.8 Å². The number of benzene rings is 1. The number of nitrogens with one attached hydrogen (secondary N) is 1. The molecule has 0 fully saturated rings. The van der Waals surface area contributed by atoms with Crippen LogP contribution in [0.1, 0.15) is 27.2 Å². The second kappa shape index (κ2) is 7.24. The molecule has 0 aromatic heterocycles. The van der Waals surface area contributed by atoms with Crippen molar-refractivity contribution in [3.8, 4) is 0 Å². The van der Waals surface area contributed by atoms with Crippen molar-refractivity contribution in [3.05, 3.63) is 30.1 Å². The van der Waals surface area contributed by atoms with Crippen LogP contribution in [0, 0.1) is 5.82 Å². The minimum Gasteiger partial charge on any atom is -0.464 e. The molecule has 0 aliphatic heterocycles. The van der Waals surface area contributed by atoms with Crippen LogP contribution >= 0.6 is 0 Å². The SMILES string of the molecule is CCOC(=O)C(CC(C)(C)OC)Nc1ccc(F)cc1. The first kappa shape index (κ1) is 16.4. The first-order chi connectivity index (χ1) is 9.38. The van der Waals surface area contributed by atoms with Crippen LogP contribution in [0.25, 0.3) is 0 Å². The Balaban J connectivity index is 2.81. The Kier molecular flexibility index (Phi) is 5.95. The van der Waals surface area contributed by atoms with Crippen LogP contribution < -0.4 is 5.32 Å². The molecule has 0 spiro atoms. The van der Waals surface area contributed by atoms with Crippen molar-refractivity contribution in [3.63, 3.8) is 0 Å². The van der Waals surface area contributed by atoms with E-state index in [1.54, 1.807) is 26.2 Å². The Morgan fingerprint density at radius 2 is 1.95 bits per heavy atom. The zero-order valence-electron chi connectivity index (χ0n) is 12.4. The van der Waals surface area contributed by atoms with Gasteiger partial charge in [0.2, 0.25) is 0 Å². The number of carbonyl (C=O) groups excluding carboxylic acids is 1. The monoisotopic (exact) mass is 283 g/mol. The van der Waals surface area contributed by atoms with E-state index in [0.717, 1.165) is 0 Å². The second-order valence-electron chi connectivity index (χ2n) is 5.12. The van der Waals surface area contributed by atoms with Gasteiger partial charge >= 0.3 is 5.97 Å². The van der Waals surface area contributed by atoms with E-state index in [2.05, 4.69) is 5.32 Å². The molecule has 0 saturated carbocycles. The van der Waals surface area contributed by atoms with Crippen LogP contribution in [0.5, 0.6) is 0 Å². The molecule has 0 aliphatic carbocycles. The summed E-state index contributed by atoms with van der Waals surface area (Å²) >= 11 is 0. The fourth-order valence-electron chi connectivity index (χ4n) is 1.76. The van der Waals surface area contributed by atoms with Crippen LogP contribution in [0.3, 0.4) is 0 Å². The quantitative estimate of drug-likeness (QED) is 0.782. The summed E-state index contributed by atoms with van der Waals surface area (Å²) in [4.78, 5) is 12.0. The molecule has 20 heavy (non-hydrogen) atoms. The number of rotatable bonds is 7. The van der Waals surface area contributed by atoms with Gasteiger partial charge in [-0.1, -0.05) is 0 Å². The number of anilines is 1. The Bertz CT molecular complexity index is 431. The lowest BCUT2D eigenvalue weighted by molar-refractivity contribution is -0.145. The van der Waals surface area contributed by atoms with Gasteiger partial charge in [-0.05, 0) is 45.0 Å². The highest BCUT2D eigenvalue weighted by Crippen LogP contribution is 2.20. The molecule has 112 valence electrons. The number of esters is 1. The Morgan fingerprint density at radius 3 is 2.45 bits per heavy atom. The molecule has 1 aromatic rings. The normalized spacial score (nSPS) is 12.8. The maximum absolute atomic E-state index is 12.9. The lowest BCUT2D eigenvalue weighted by Crippen LogP contribution is -2.39. The van der Waals surface area contributed by atoms with Gasteiger partial charge in [-0.25, -0.2) is 9.18 Å². The smallest absolute Gasteiger partial charge is 0.328 e. The van der Waals surface area contributed by atoms with Crippen molar-refractivity contribution in [2.24, 2.45) is 0 Å². The number of halogens is 1. The predicted octanol–water partition coefficient (Wildman–Crippen LogP) is 2.98. The zero-order valence-corrected chi connectivity index (χ0v) is 12.4. The second-order valence-corrected chi connectivity index (χ2v) is 5.12. The van der Waals surface area contributed by atoms with Gasteiger partial charge in [0.25, 0.3) is 0 Å². The van der Waals surface area contributed by atoms with Crippen LogP contribution in [-0.4, -0.2) is 31.3 Å². The number of methoxy groups -OCH3 is 1. The maximum atomic E-state index is 12.9. The topological polar surface area (TPSA) is 47.6 Å². The fourth-order valence-corrected chi connectivity index (χ4v) is 1.76. The van der Waals surface area contributed by atoms with E-state index in [1.165, 1.54) is 12.1 Å². The molecule has 1 atom stereocenters. The van der Waals surface area contributed by atoms with Crippen LogP contribution in [0.15, 0.2) is 24.3 Å². The lowest BCUT2D eigenvalue weighted by Gasteiger charge is -2.28. The van der Waals surface area contributed by atoms with E-state index in [0.29, 0.717) is 18.7 Å². The molecule has 4 nitrogen and oxygen atoms in total. The van der Waals surface area contributed by atoms with Gasteiger partial charge in [-0.2, -0.15) is 0 Å². The minimum atomic E-state index is -0.546. The summed E-state index contributed by atoms with van der Waals surface area (Å²) in [5.74, 6) is -0.664. The summed E-state index contributed by atoms with van der Waals surface area (Å²) in [6.07, 6.45) is 0.444. The van der Waals surface area contributed by atoms with Gasteiger partial charge in [0, 0.05) is 19.2 Å². The van der Waals surface area contributed by atoms with Crippen molar-refractivity contribution in [1.29, 1.82) is 0 Å². The first-order valence-electron chi connectivity index (χ1n) is 6.62. The molecule has 0 radical (unpaired) electrons. The summed E-state index contributed by atoms with van der Waals surface area (Å²) in [5.41, 5.74) is 0.195. The van der Waals surface area contributed by atoms with Crippen molar-refractivity contribution < 1.29 is 18.7 Å². The standard InChI is InChI=1S/C15H22FNO3/c1-5-20-14(18)13(10-15(2,3)19-4)17-12-8-6-11(16)7-9-12/h6-9,13,17H,5,10H2,1-4H3.